The number of rotatable bonds is 5. The number of benzene rings is 2. The zero-order chi connectivity index (χ0) is 19.6. The third kappa shape index (κ3) is 3.88. The molecule has 0 N–H and O–H groups in total. The summed E-state index contributed by atoms with van der Waals surface area (Å²) in [6.07, 6.45) is 0. The quantitative estimate of drug-likeness (QED) is 0.574. The van der Waals surface area contributed by atoms with E-state index >= 15 is 0 Å². The van der Waals surface area contributed by atoms with Crippen LogP contribution in [0.2, 0.25) is 0 Å². The standard InChI is InChI=1S/C18H21N3O5S/c1-14-4-3-5-15(12-14)19-8-10-20(11-9-19)27(24,25)18-7-6-16(21(22)23)13-17(18)26-2/h3-7,12-13H,8-11H2,1-2H3. The Bertz CT molecular complexity index is 953. The van der Waals surface area contributed by atoms with E-state index in [1.165, 1.54) is 23.5 Å². The highest BCUT2D eigenvalue weighted by molar-refractivity contribution is 7.89. The van der Waals surface area contributed by atoms with Gasteiger partial charge in [-0.05, 0) is 30.7 Å². The number of nitrogens with zero attached hydrogens (tertiary/aromatic N) is 3. The molecule has 0 unspecified atom stereocenters. The van der Waals surface area contributed by atoms with Crippen LogP contribution >= 0.6 is 0 Å². The Morgan fingerprint density at radius 1 is 1.07 bits per heavy atom. The molecule has 0 aliphatic carbocycles. The zero-order valence-electron chi connectivity index (χ0n) is 15.2. The molecule has 0 bridgehead atoms. The van der Waals surface area contributed by atoms with E-state index in [0.717, 1.165) is 17.3 Å². The fraction of sp³-hybridized carbons (Fsp3) is 0.333. The maximum Gasteiger partial charge on any atom is 0.273 e. The number of nitro benzene ring substituents is 1. The molecule has 8 nitrogen and oxygen atoms in total. The Labute approximate surface area is 158 Å². The number of hydrogen-bond acceptors (Lipinski definition) is 6. The number of nitro groups is 1. The van der Waals surface area contributed by atoms with Crippen LogP contribution in [0.15, 0.2) is 47.4 Å². The molecule has 27 heavy (non-hydrogen) atoms. The summed E-state index contributed by atoms with van der Waals surface area (Å²) in [7, 11) is -2.50. The van der Waals surface area contributed by atoms with Gasteiger partial charge in [-0.15, -0.1) is 0 Å². The minimum Gasteiger partial charge on any atom is -0.495 e. The van der Waals surface area contributed by atoms with Gasteiger partial charge in [0.25, 0.3) is 5.69 Å². The van der Waals surface area contributed by atoms with Gasteiger partial charge in [-0.3, -0.25) is 10.1 Å². The van der Waals surface area contributed by atoms with Crippen molar-refractivity contribution in [2.45, 2.75) is 11.8 Å². The van der Waals surface area contributed by atoms with Crippen LogP contribution in [0.1, 0.15) is 5.56 Å². The number of ether oxygens (including phenoxy) is 1. The molecular formula is C18H21N3O5S. The van der Waals surface area contributed by atoms with Crippen molar-refractivity contribution in [2.75, 3.05) is 38.2 Å². The Kier molecular flexibility index (Phi) is 5.33. The summed E-state index contributed by atoms with van der Waals surface area (Å²) >= 11 is 0. The lowest BCUT2D eigenvalue weighted by molar-refractivity contribution is -0.385. The number of methoxy groups -OCH3 is 1. The molecule has 9 heteroatoms. The van der Waals surface area contributed by atoms with Crippen LogP contribution in [0.3, 0.4) is 0 Å². The van der Waals surface area contributed by atoms with Gasteiger partial charge in [0.15, 0.2) is 0 Å². The number of aryl methyl sites for hydroxylation is 1. The van der Waals surface area contributed by atoms with Crippen molar-refractivity contribution in [3.8, 4) is 5.75 Å². The number of anilines is 1. The summed E-state index contributed by atoms with van der Waals surface area (Å²) in [6.45, 7) is 3.81. The Balaban J connectivity index is 1.80. The largest absolute Gasteiger partial charge is 0.495 e. The molecule has 0 spiro atoms. The van der Waals surface area contributed by atoms with Crippen LogP contribution in [0, 0.1) is 17.0 Å². The minimum atomic E-state index is -3.80. The first kappa shape index (κ1) is 19.1. The predicted octanol–water partition coefficient (Wildman–Crippen LogP) is 2.42. The second kappa shape index (κ2) is 7.53. The lowest BCUT2D eigenvalue weighted by Crippen LogP contribution is -2.48. The monoisotopic (exact) mass is 391 g/mol. The Morgan fingerprint density at radius 2 is 1.78 bits per heavy atom. The van der Waals surface area contributed by atoms with E-state index in [2.05, 4.69) is 11.0 Å². The third-order valence-corrected chi connectivity index (χ3v) is 6.52. The highest BCUT2D eigenvalue weighted by atomic mass is 32.2. The maximum atomic E-state index is 13.0. The topological polar surface area (TPSA) is 93.0 Å². The van der Waals surface area contributed by atoms with Crippen molar-refractivity contribution >= 4 is 21.4 Å². The molecule has 1 fully saturated rings. The van der Waals surface area contributed by atoms with Crippen LogP contribution in [-0.2, 0) is 10.0 Å². The lowest BCUT2D eigenvalue weighted by atomic mass is 10.2. The first-order valence-electron chi connectivity index (χ1n) is 8.47. The van der Waals surface area contributed by atoms with E-state index in [9.17, 15) is 18.5 Å². The van der Waals surface area contributed by atoms with E-state index in [-0.39, 0.29) is 16.3 Å². The van der Waals surface area contributed by atoms with Crippen molar-refractivity contribution < 1.29 is 18.1 Å². The zero-order valence-corrected chi connectivity index (χ0v) is 16.0. The van der Waals surface area contributed by atoms with Gasteiger partial charge < -0.3 is 9.64 Å². The fourth-order valence-corrected chi connectivity index (χ4v) is 4.69. The molecule has 144 valence electrons. The van der Waals surface area contributed by atoms with Crippen molar-refractivity contribution in [3.05, 3.63) is 58.1 Å². The summed E-state index contributed by atoms with van der Waals surface area (Å²) in [6, 6.07) is 11.6. The van der Waals surface area contributed by atoms with Gasteiger partial charge in [0.05, 0.1) is 18.1 Å². The van der Waals surface area contributed by atoms with Gasteiger partial charge in [0, 0.05) is 37.9 Å². The summed E-state index contributed by atoms with van der Waals surface area (Å²) in [5.41, 5.74) is 2.01. The molecule has 0 radical (unpaired) electrons. The van der Waals surface area contributed by atoms with Crippen LogP contribution in [0.25, 0.3) is 0 Å². The fourth-order valence-electron chi connectivity index (χ4n) is 3.13. The molecule has 1 aliphatic heterocycles. The Morgan fingerprint density at radius 3 is 2.37 bits per heavy atom. The molecule has 2 aromatic carbocycles. The van der Waals surface area contributed by atoms with Crippen LogP contribution < -0.4 is 9.64 Å². The van der Waals surface area contributed by atoms with Gasteiger partial charge in [0.1, 0.15) is 10.6 Å². The number of non-ortho nitro benzene ring substituents is 1. The molecule has 1 aliphatic rings. The van der Waals surface area contributed by atoms with Crippen molar-refractivity contribution in [2.24, 2.45) is 0 Å². The molecule has 0 amide bonds. The summed E-state index contributed by atoms with van der Waals surface area (Å²) in [4.78, 5) is 12.4. The third-order valence-electron chi connectivity index (χ3n) is 4.58. The number of hydrogen-bond donors (Lipinski definition) is 0. The molecule has 1 heterocycles. The minimum absolute atomic E-state index is 0.0229. The summed E-state index contributed by atoms with van der Waals surface area (Å²) in [5, 5.41) is 10.9. The molecule has 1 saturated heterocycles. The van der Waals surface area contributed by atoms with Gasteiger partial charge in [-0.1, -0.05) is 12.1 Å². The van der Waals surface area contributed by atoms with E-state index in [1.54, 1.807) is 0 Å². The average Bonchev–Trinajstić information content (AvgIpc) is 2.67. The van der Waals surface area contributed by atoms with Gasteiger partial charge >= 0.3 is 0 Å². The van der Waals surface area contributed by atoms with Gasteiger partial charge in [-0.25, -0.2) is 8.42 Å². The van der Waals surface area contributed by atoms with Crippen LogP contribution in [0.5, 0.6) is 5.75 Å². The highest BCUT2D eigenvalue weighted by Crippen LogP contribution is 2.31. The van der Waals surface area contributed by atoms with Crippen LogP contribution in [-0.4, -0.2) is 50.9 Å². The van der Waals surface area contributed by atoms with Gasteiger partial charge in [0.2, 0.25) is 10.0 Å². The normalized spacial score (nSPS) is 15.6. The molecule has 0 atom stereocenters. The van der Waals surface area contributed by atoms with Crippen molar-refractivity contribution in [1.29, 1.82) is 0 Å². The SMILES string of the molecule is COc1cc([N+](=O)[O-])ccc1S(=O)(=O)N1CCN(c2cccc(C)c2)CC1. The molecule has 0 aromatic heterocycles. The second-order valence-electron chi connectivity index (χ2n) is 6.32. The average molecular weight is 391 g/mol. The van der Waals surface area contributed by atoms with E-state index < -0.39 is 14.9 Å². The summed E-state index contributed by atoms with van der Waals surface area (Å²) in [5.74, 6) is -0.0229. The lowest BCUT2D eigenvalue weighted by Gasteiger charge is -2.35. The maximum absolute atomic E-state index is 13.0. The van der Waals surface area contributed by atoms with E-state index in [0.29, 0.717) is 26.2 Å². The second-order valence-corrected chi connectivity index (χ2v) is 8.23. The molecule has 3 rings (SSSR count). The first-order valence-corrected chi connectivity index (χ1v) is 9.91. The Hall–Kier alpha value is -2.65. The number of sulfonamides is 1. The van der Waals surface area contributed by atoms with E-state index in [1.807, 2.05) is 25.1 Å². The van der Waals surface area contributed by atoms with Gasteiger partial charge in [-0.2, -0.15) is 4.31 Å². The number of piperazine rings is 1. The summed E-state index contributed by atoms with van der Waals surface area (Å²) < 4.78 is 32.5. The van der Waals surface area contributed by atoms with E-state index in [4.69, 9.17) is 4.74 Å². The first-order chi connectivity index (χ1) is 12.8. The molecule has 0 saturated carbocycles. The van der Waals surface area contributed by atoms with Crippen LogP contribution in [0.4, 0.5) is 11.4 Å². The molecular weight excluding hydrogens is 370 g/mol. The smallest absolute Gasteiger partial charge is 0.273 e. The van der Waals surface area contributed by atoms with Crippen molar-refractivity contribution in [3.63, 3.8) is 0 Å². The predicted molar refractivity (Wildman–Crippen MR) is 102 cm³/mol. The highest BCUT2D eigenvalue weighted by Gasteiger charge is 2.31. The van der Waals surface area contributed by atoms with Crippen molar-refractivity contribution in [1.82, 2.24) is 4.31 Å². The molecule has 2 aromatic rings.